The highest BCUT2D eigenvalue weighted by Gasteiger charge is 2.25. The lowest BCUT2D eigenvalue weighted by Gasteiger charge is -2.24. The first-order chi connectivity index (χ1) is 9.74. The summed E-state index contributed by atoms with van der Waals surface area (Å²) in [6.45, 7) is 0.201. The lowest BCUT2D eigenvalue weighted by Crippen LogP contribution is -2.36. The van der Waals surface area contributed by atoms with E-state index in [9.17, 15) is 9.90 Å². The van der Waals surface area contributed by atoms with E-state index in [0.717, 1.165) is 29.9 Å². The topological polar surface area (TPSA) is 62.5 Å². The average molecular weight is 291 g/mol. The van der Waals surface area contributed by atoms with Crippen LogP contribution < -0.4 is 5.32 Å². The molecule has 0 aliphatic heterocycles. The Balaban J connectivity index is 1.57. The van der Waals surface area contributed by atoms with Crippen LogP contribution >= 0.6 is 11.3 Å². The first kappa shape index (κ1) is 13.4. The fourth-order valence-electron chi connectivity index (χ4n) is 2.20. The molecule has 4 nitrogen and oxygen atoms in total. The van der Waals surface area contributed by atoms with Crippen molar-refractivity contribution in [3.05, 3.63) is 35.4 Å². The molecule has 2 aromatic rings. The van der Waals surface area contributed by atoms with E-state index in [1.165, 1.54) is 0 Å². The van der Waals surface area contributed by atoms with Gasteiger partial charge >= 0.3 is 0 Å². The Hall–Kier alpha value is -1.59. The maximum atomic E-state index is 11.7. The summed E-state index contributed by atoms with van der Waals surface area (Å²) in [5, 5.41) is 14.8. The Kier molecular flexibility index (Phi) is 3.89. The second-order valence-electron chi connectivity index (χ2n) is 5.07. The summed E-state index contributed by atoms with van der Waals surface area (Å²) in [6, 6.07) is 7.53. The standard InChI is InChI=1S/C15H17NO3S/c17-11(9-16-15(18)10-3-1-4-10)12-6-7-13(19-12)14-5-2-8-20-14/h2,5-8,10-11,17H,1,3-4,9H2,(H,16,18). The van der Waals surface area contributed by atoms with Gasteiger partial charge in [-0.3, -0.25) is 4.79 Å². The van der Waals surface area contributed by atoms with Gasteiger partial charge in [-0.1, -0.05) is 12.5 Å². The molecule has 1 atom stereocenters. The third-order valence-corrected chi connectivity index (χ3v) is 4.55. The van der Waals surface area contributed by atoms with E-state index >= 15 is 0 Å². The number of thiophene rings is 1. The van der Waals surface area contributed by atoms with Crippen molar-refractivity contribution >= 4 is 17.2 Å². The van der Waals surface area contributed by atoms with Crippen LogP contribution in [0.15, 0.2) is 34.1 Å². The summed E-state index contributed by atoms with van der Waals surface area (Å²) in [7, 11) is 0. The largest absolute Gasteiger partial charge is 0.457 e. The number of aliphatic hydroxyl groups is 1. The lowest BCUT2D eigenvalue weighted by atomic mass is 9.85. The minimum atomic E-state index is -0.798. The molecule has 0 radical (unpaired) electrons. The van der Waals surface area contributed by atoms with Crippen LogP contribution in [0.3, 0.4) is 0 Å². The molecule has 1 fully saturated rings. The molecular weight excluding hydrogens is 274 g/mol. The molecular formula is C15H17NO3S. The van der Waals surface area contributed by atoms with E-state index in [1.54, 1.807) is 17.4 Å². The zero-order valence-electron chi connectivity index (χ0n) is 11.0. The Labute approximate surface area is 121 Å². The minimum Gasteiger partial charge on any atom is -0.457 e. The van der Waals surface area contributed by atoms with Crippen LogP contribution in [-0.4, -0.2) is 17.6 Å². The van der Waals surface area contributed by atoms with Crippen molar-refractivity contribution in [1.82, 2.24) is 5.32 Å². The maximum absolute atomic E-state index is 11.7. The van der Waals surface area contributed by atoms with Gasteiger partial charge in [0.2, 0.25) is 5.91 Å². The zero-order chi connectivity index (χ0) is 13.9. The van der Waals surface area contributed by atoms with Crippen LogP contribution in [0.4, 0.5) is 0 Å². The van der Waals surface area contributed by atoms with Gasteiger partial charge in [0.05, 0.1) is 11.4 Å². The first-order valence-electron chi connectivity index (χ1n) is 6.83. The van der Waals surface area contributed by atoms with Crippen LogP contribution in [-0.2, 0) is 4.79 Å². The molecule has 3 rings (SSSR count). The minimum absolute atomic E-state index is 0.0420. The molecule has 1 unspecified atom stereocenters. The molecule has 2 heterocycles. The molecule has 0 aromatic carbocycles. The van der Waals surface area contributed by atoms with Gasteiger partial charge in [-0.2, -0.15) is 0 Å². The summed E-state index contributed by atoms with van der Waals surface area (Å²) in [5.41, 5.74) is 0. The third-order valence-electron chi connectivity index (χ3n) is 3.66. The van der Waals surface area contributed by atoms with E-state index in [0.29, 0.717) is 5.76 Å². The van der Waals surface area contributed by atoms with E-state index < -0.39 is 6.10 Å². The van der Waals surface area contributed by atoms with Crippen molar-refractivity contribution in [2.75, 3.05) is 6.54 Å². The third kappa shape index (κ3) is 2.78. The molecule has 0 spiro atoms. The van der Waals surface area contributed by atoms with Gasteiger partial charge in [0, 0.05) is 5.92 Å². The number of carbonyl (C=O) groups excluding carboxylic acids is 1. The Morgan fingerprint density at radius 2 is 2.30 bits per heavy atom. The number of rotatable bonds is 5. The summed E-state index contributed by atoms with van der Waals surface area (Å²) in [6.07, 6.45) is 2.26. The van der Waals surface area contributed by atoms with Crippen molar-refractivity contribution in [3.63, 3.8) is 0 Å². The smallest absolute Gasteiger partial charge is 0.223 e. The molecule has 20 heavy (non-hydrogen) atoms. The van der Waals surface area contributed by atoms with Crippen LogP contribution in [0.1, 0.15) is 31.1 Å². The highest BCUT2D eigenvalue weighted by atomic mass is 32.1. The molecule has 1 aliphatic rings. The van der Waals surface area contributed by atoms with Crippen molar-refractivity contribution in [1.29, 1.82) is 0 Å². The average Bonchev–Trinajstić information content (AvgIpc) is 3.03. The van der Waals surface area contributed by atoms with Crippen molar-refractivity contribution < 1.29 is 14.3 Å². The van der Waals surface area contributed by atoms with Crippen molar-refractivity contribution in [3.8, 4) is 10.6 Å². The molecule has 5 heteroatoms. The molecule has 1 aliphatic carbocycles. The van der Waals surface area contributed by atoms with Gasteiger partial charge in [-0.05, 0) is 36.4 Å². The van der Waals surface area contributed by atoms with E-state index in [2.05, 4.69) is 5.32 Å². The highest BCUT2D eigenvalue weighted by Crippen LogP contribution is 2.29. The Morgan fingerprint density at radius 3 is 2.95 bits per heavy atom. The number of carbonyl (C=O) groups is 1. The van der Waals surface area contributed by atoms with Gasteiger partial charge in [-0.15, -0.1) is 11.3 Å². The van der Waals surface area contributed by atoms with E-state index in [-0.39, 0.29) is 18.4 Å². The monoisotopic (exact) mass is 291 g/mol. The van der Waals surface area contributed by atoms with Gasteiger partial charge in [0.1, 0.15) is 17.6 Å². The summed E-state index contributed by atoms with van der Waals surface area (Å²) < 4.78 is 5.63. The van der Waals surface area contributed by atoms with E-state index in [1.807, 2.05) is 23.6 Å². The molecule has 1 saturated carbocycles. The number of hydrogen-bond acceptors (Lipinski definition) is 4. The Bertz CT molecular complexity index is 572. The zero-order valence-corrected chi connectivity index (χ0v) is 11.9. The number of aliphatic hydroxyl groups excluding tert-OH is 1. The van der Waals surface area contributed by atoms with E-state index in [4.69, 9.17) is 4.42 Å². The lowest BCUT2D eigenvalue weighted by molar-refractivity contribution is -0.127. The van der Waals surface area contributed by atoms with Crippen LogP contribution in [0, 0.1) is 5.92 Å². The van der Waals surface area contributed by atoms with Crippen molar-refractivity contribution in [2.45, 2.75) is 25.4 Å². The van der Waals surface area contributed by atoms with Gasteiger partial charge in [0.15, 0.2) is 0 Å². The quantitative estimate of drug-likeness (QED) is 0.890. The molecule has 0 bridgehead atoms. The van der Waals surface area contributed by atoms with Gasteiger partial charge in [-0.25, -0.2) is 0 Å². The van der Waals surface area contributed by atoms with Gasteiger partial charge in [0.25, 0.3) is 0 Å². The molecule has 106 valence electrons. The predicted molar refractivity (Wildman–Crippen MR) is 77.3 cm³/mol. The fraction of sp³-hybridized carbons (Fsp3) is 0.400. The van der Waals surface area contributed by atoms with Crippen molar-refractivity contribution in [2.24, 2.45) is 5.92 Å². The number of furan rings is 1. The maximum Gasteiger partial charge on any atom is 0.223 e. The number of amides is 1. The molecule has 2 N–H and O–H groups in total. The normalized spacial score (nSPS) is 16.6. The summed E-state index contributed by atoms with van der Waals surface area (Å²) in [4.78, 5) is 12.7. The SMILES string of the molecule is O=C(NCC(O)c1ccc(-c2cccs2)o1)C1CCC1. The van der Waals surface area contributed by atoms with Crippen LogP contribution in [0.25, 0.3) is 10.6 Å². The second-order valence-corrected chi connectivity index (χ2v) is 6.02. The molecule has 1 amide bonds. The second kappa shape index (κ2) is 5.81. The highest BCUT2D eigenvalue weighted by molar-refractivity contribution is 7.13. The van der Waals surface area contributed by atoms with Crippen LogP contribution in [0.2, 0.25) is 0 Å². The summed E-state index contributed by atoms with van der Waals surface area (Å²) >= 11 is 1.59. The first-order valence-corrected chi connectivity index (χ1v) is 7.71. The molecule has 0 saturated heterocycles. The fourth-order valence-corrected chi connectivity index (χ4v) is 2.88. The predicted octanol–water partition coefficient (Wildman–Crippen LogP) is 2.96. The summed E-state index contributed by atoms with van der Waals surface area (Å²) in [5.74, 6) is 1.42. The number of hydrogen-bond donors (Lipinski definition) is 2. The Morgan fingerprint density at radius 1 is 1.45 bits per heavy atom. The molecule has 2 aromatic heterocycles. The van der Waals surface area contributed by atoms with Gasteiger partial charge < -0.3 is 14.8 Å². The van der Waals surface area contributed by atoms with Crippen LogP contribution in [0.5, 0.6) is 0 Å². The number of nitrogens with one attached hydrogen (secondary N) is 1.